The summed E-state index contributed by atoms with van der Waals surface area (Å²) < 4.78 is 66.4. The second-order valence-electron chi connectivity index (χ2n) is 8.95. The van der Waals surface area contributed by atoms with E-state index in [9.17, 15) is 22.4 Å². The zero-order chi connectivity index (χ0) is 29.8. The van der Waals surface area contributed by atoms with Crippen molar-refractivity contribution in [2.24, 2.45) is 0 Å². The minimum absolute atomic E-state index is 0.148. The van der Waals surface area contributed by atoms with Crippen molar-refractivity contribution in [3.63, 3.8) is 0 Å². The number of halogens is 4. The summed E-state index contributed by atoms with van der Waals surface area (Å²) in [6.07, 6.45) is 0. The van der Waals surface area contributed by atoms with E-state index < -0.39 is 23.3 Å². The first-order chi connectivity index (χ1) is 20.3. The summed E-state index contributed by atoms with van der Waals surface area (Å²) in [5, 5.41) is 0. The van der Waals surface area contributed by atoms with Gasteiger partial charge in [0.1, 0.15) is 11.5 Å². The van der Waals surface area contributed by atoms with Gasteiger partial charge in [0.15, 0.2) is 29.1 Å². The van der Waals surface area contributed by atoms with Crippen LogP contribution in [0.15, 0.2) is 117 Å². The van der Waals surface area contributed by atoms with Gasteiger partial charge in [0.25, 0.3) is 0 Å². The predicted octanol–water partition coefficient (Wildman–Crippen LogP) is 9.46. The van der Waals surface area contributed by atoms with Crippen LogP contribution in [0.4, 0.5) is 17.6 Å². The molecule has 0 heterocycles. The summed E-state index contributed by atoms with van der Waals surface area (Å²) in [4.78, 5) is 15.0. The average molecular weight is 607 g/mol. The molecule has 0 aromatic heterocycles. The zero-order valence-corrected chi connectivity index (χ0v) is 23.9. The van der Waals surface area contributed by atoms with Crippen molar-refractivity contribution in [2.45, 2.75) is 19.6 Å². The van der Waals surface area contributed by atoms with E-state index >= 15 is 0 Å². The van der Waals surface area contributed by atoms with Gasteiger partial charge in [0.2, 0.25) is 0 Å². The Balaban J connectivity index is 1.43. The maximum Gasteiger partial charge on any atom is 0.198 e. The Kier molecular flexibility index (Phi) is 8.89. The fraction of sp³-hybridized carbons (Fsp3) is 0.0606. The molecule has 9 heteroatoms. The van der Waals surface area contributed by atoms with E-state index in [0.29, 0.717) is 39.2 Å². The van der Waals surface area contributed by atoms with Gasteiger partial charge >= 0.3 is 0 Å². The summed E-state index contributed by atoms with van der Waals surface area (Å²) in [7, 11) is 3.02. The molecule has 3 nitrogen and oxygen atoms in total. The SMILES string of the molecule is COc1ccc(Sc2cc(F)c(F)c(F)c2F)c(-c2ccc(Sc3ccc(OC)c(C(=O)c4ccccc4)c3)cc2)c1. The molecule has 0 bridgehead atoms. The fourth-order valence-electron chi connectivity index (χ4n) is 4.21. The molecular weight excluding hydrogens is 584 g/mol. The number of ether oxygens (including phenoxy) is 2. The molecule has 0 amide bonds. The molecular formula is C33H22F4O3S2. The maximum atomic E-state index is 14.4. The molecule has 5 aromatic rings. The molecule has 0 spiro atoms. The standard InChI is InChI=1S/C33H22F4O3S2/c1-39-21-10-15-28(42-29-18-26(34)30(35)32(37)31(29)36)24(16-21)19-8-11-22(12-9-19)41-23-13-14-27(40-2)25(17-23)33(38)20-6-4-3-5-7-20/h3-18H,1-2H3. The van der Waals surface area contributed by atoms with E-state index in [-0.39, 0.29) is 10.7 Å². The van der Waals surface area contributed by atoms with E-state index in [1.165, 1.54) is 26.0 Å². The number of benzene rings is 5. The molecule has 5 rings (SSSR count). The van der Waals surface area contributed by atoms with E-state index in [1.807, 2.05) is 36.4 Å². The molecule has 42 heavy (non-hydrogen) atoms. The zero-order valence-electron chi connectivity index (χ0n) is 22.3. The summed E-state index contributed by atoms with van der Waals surface area (Å²) in [6.45, 7) is 0. The van der Waals surface area contributed by atoms with Crippen LogP contribution < -0.4 is 9.47 Å². The van der Waals surface area contributed by atoms with E-state index in [4.69, 9.17) is 9.47 Å². The second kappa shape index (κ2) is 12.8. The van der Waals surface area contributed by atoms with Crippen molar-refractivity contribution in [1.29, 1.82) is 0 Å². The Morgan fingerprint density at radius 2 is 1.36 bits per heavy atom. The van der Waals surface area contributed by atoms with Crippen LogP contribution in [-0.2, 0) is 0 Å². The van der Waals surface area contributed by atoms with E-state index in [2.05, 4.69) is 0 Å². The summed E-state index contributed by atoms with van der Waals surface area (Å²) in [5.74, 6) is -5.79. The fourth-order valence-corrected chi connectivity index (χ4v) is 6.06. The molecule has 0 aliphatic carbocycles. The third-order valence-electron chi connectivity index (χ3n) is 6.33. The normalized spacial score (nSPS) is 10.9. The Hall–Kier alpha value is -4.21. The summed E-state index contributed by atoms with van der Waals surface area (Å²) >= 11 is 2.23. The van der Waals surface area contributed by atoms with Gasteiger partial charge in [-0.15, -0.1) is 0 Å². The number of hydrogen-bond donors (Lipinski definition) is 0. The van der Waals surface area contributed by atoms with Crippen LogP contribution in [0.3, 0.4) is 0 Å². The maximum absolute atomic E-state index is 14.4. The lowest BCUT2D eigenvalue weighted by Gasteiger charge is -2.13. The van der Waals surface area contributed by atoms with E-state index in [0.717, 1.165) is 27.1 Å². The van der Waals surface area contributed by atoms with Gasteiger partial charge in [0.05, 0.1) is 24.7 Å². The number of ketones is 1. The van der Waals surface area contributed by atoms with Gasteiger partial charge in [-0.2, -0.15) is 0 Å². The lowest BCUT2D eigenvalue weighted by Crippen LogP contribution is -2.04. The van der Waals surface area contributed by atoms with Gasteiger partial charge in [0, 0.05) is 20.2 Å². The third-order valence-corrected chi connectivity index (χ3v) is 8.42. The number of hydrogen-bond acceptors (Lipinski definition) is 5. The van der Waals surface area contributed by atoms with Gasteiger partial charge < -0.3 is 9.47 Å². The first-order valence-corrected chi connectivity index (χ1v) is 14.2. The van der Waals surface area contributed by atoms with Crippen LogP contribution in [-0.4, -0.2) is 20.0 Å². The Morgan fingerprint density at radius 1 is 0.643 bits per heavy atom. The molecule has 5 aromatic carbocycles. The molecule has 0 fully saturated rings. The monoisotopic (exact) mass is 606 g/mol. The van der Waals surface area contributed by atoms with Crippen molar-refractivity contribution in [3.05, 3.63) is 131 Å². The highest BCUT2D eigenvalue weighted by atomic mass is 32.2. The van der Waals surface area contributed by atoms with Crippen LogP contribution in [0.5, 0.6) is 11.5 Å². The van der Waals surface area contributed by atoms with Crippen LogP contribution >= 0.6 is 23.5 Å². The van der Waals surface area contributed by atoms with Crippen molar-refractivity contribution >= 4 is 29.3 Å². The third kappa shape index (κ3) is 6.17. The van der Waals surface area contributed by atoms with Gasteiger partial charge in [-0.05, 0) is 65.7 Å². The van der Waals surface area contributed by atoms with E-state index in [1.54, 1.807) is 54.6 Å². The quantitative estimate of drug-likeness (QED) is 0.0723. The van der Waals surface area contributed by atoms with Crippen LogP contribution in [0.1, 0.15) is 15.9 Å². The molecule has 0 unspecified atom stereocenters. The lowest BCUT2D eigenvalue weighted by atomic mass is 10.0. The van der Waals surface area contributed by atoms with Gasteiger partial charge in [-0.1, -0.05) is 66.0 Å². The number of carbonyl (C=O) groups is 1. The van der Waals surface area contributed by atoms with Gasteiger partial charge in [-0.3, -0.25) is 4.79 Å². The lowest BCUT2D eigenvalue weighted by molar-refractivity contribution is 0.103. The van der Waals surface area contributed by atoms with Crippen LogP contribution in [0.2, 0.25) is 0 Å². The Morgan fingerprint density at radius 3 is 2.05 bits per heavy atom. The Bertz CT molecular complexity index is 1760. The van der Waals surface area contributed by atoms with Crippen LogP contribution in [0, 0.1) is 23.3 Å². The minimum atomic E-state index is -1.86. The van der Waals surface area contributed by atoms with Crippen molar-refractivity contribution < 1.29 is 31.8 Å². The molecule has 0 aliphatic rings. The summed E-state index contributed by atoms with van der Waals surface area (Å²) in [6, 6.07) is 27.5. The number of rotatable bonds is 9. The molecule has 0 radical (unpaired) electrons. The number of carbonyl (C=O) groups excluding carboxylic acids is 1. The topological polar surface area (TPSA) is 35.5 Å². The van der Waals surface area contributed by atoms with Crippen LogP contribution in [0.25, 0.3) is 11.1 Å². The first-order valence-electron chi connectivity index (χ1n) is 12.5. The minimum Gasteiger partial charge on any atom is -0.497 e. The predicted molar refractivity (Wildman–Crippen MR) is 156 cm³/mol. The molecule has 0 saturated carbocycles. The molecule has 0 atom stereocenters. The molecule has 0 N–H and O–H groups in total. The molecule has 0 saturated heterocycles. The number of methoxy groups -OCH3 is 2. The second-order valence-corrected chi connectivity index (χ2v) is 11.2. The summed E-state index contributed by atoms with van der Waals surface area (Å²) in [5.41, 5.74) is 2.36. The molecule has 0 aliphatic heterocycles. The van der Waals surface area contributed by atoms with Crippen molar-refractivity contribution in [2.75, 3.05) is 14.2 Å². The molecule has 212 valence electrons. The highest BCUT2D eigenvalue weighted by molar-refractivity contribution is 7.99. The highest BCUT2D eigenvalue weighted by Gasteiger charge is 2.21. The first kappa shape index (κ1) is 29.3. The largest absolute Gasteiger partial charge is 0.497 e. The van der Waals surface area contributed by atoms with Gasteiger partial charge in [-0.25, -0.2) is 17.6 Å². The average Bonchev–Trinajstić information content (AvgIpc) is 3.03. The van der Waals surface area contributed by atoms with Crippen molar-refractivity contribution in [1.82, 2.24) is 0 Å². The Labute approximate surface area is 248 Å². The smallest absolute Gasteiger partial charge is 0.198 e. The van der Waals surface area contributed by atoms with Crippen molar-refractivity contribution in [3.8, 4) is 22.6 Å². The highest BCUT2D eigenvalue weighted by Crippen LogP contribution is 2.41.